The van der Waals surface area contributed by atoms with Crippen molar-refractivity contribution in [1.82, 2.24) is 0 Å². The zero-order valence-corrected chi connectivity index (χ0v) is 15.7. The van der Waals surface area contributed by atoms with Crippen LogP contribution in [0, 0.1) is 24.7 Å². The van der Waals surface area contributed by atoms with Gasteiger partial charge in [-0.1, -0.05) is 11.8 Å². The number of methoxy groups -OCH3 is 2. The van der Waals surface area contributed by atoms with Crippen molar-refractivity contribution in [3.63, 3.8) is 0 Å². The largest absolute Gasteiger partial charge is 0.493 e. The molecule has 2 rings (SSSR count). The smallest absolute Gasteiger partial charge is 0.162 e. The summed E-state index contributed by atoms with van der Waals surface area (Å²) in [6.45, 7) is 0.342. The second-order valence-corrected chi connectivity index (χ2v) is 5.30. The Labute approximate surface area is 164 Å². The zero-order valence-electron chi connectivity index (χ0n) is 15.7. The molecule has 142 valence electrons. The van der Waals surface area contributed by atoms with E-state index in [1.54, 1.807) is 50.9 Å². The summed E-state index contributed by atoms with van der Waals surface area (Å²) in [5.74, 6) is 7.09. The van der Waals surface area contributed by atoms with Crippen LogP contribution in [0.2, 0.25) is 0 Å². The summed E-state index contributed by atoms with van der Waals surface area (Å²) in [6, 6.07) is 10.8. The Bertz CT molecular complexity index is 859. The number of hydrogen-bond donors (Lipinski definition) is 0. The van der Waals surface area contributed by atoms with Crippen molar-refractivity contribution < 1.29 is 18.9 Å². The van der Waals surface area contributed by atoms with Crippen molar-refractivity contribution in [3.8, 4) is 47.7 Å². The molecular weight excluding hydrogens is 356 g/mol. The van der Waals surface area contributed by atoms with E-state index in [2.05, 4.69) is 22.0 Å². The van der Waals surface area contributed by atoms with E-state index in [9.17, 15) is 0 Å². The number of nitrogens with zero attached hydrogens (tertiary/aromatic N) is 2. The van der Waals surface area contributed by atoms with E-state index in [-0.39, 0.29) is 13.2 Å². The van der Waals surface area contributed by atoms with Gasteiger partial charge >= 0.3 is 0 Å². The van der Waals surface area contributed by atoms with E-state index in [4.69, 9.17) is 31.8 Å². The van der Waals surface area contributed by atoms with E-state index in [0.717, 1.165) is 11.1 Å². The van der Waals surface area contributed by atoms with Crippen LogP contribution >= 0.6 is 0 Å². The second-order valence-electron chi connectivity index (χ2n) is 5.30. The van der Waals surface area contributed by atoms with Gasteiger partial charge in [-0.25, -0.2) is 0 Å². The first-order chi connectivity index (χ1) is 13.7. The van der Waals surface area contributed by atoms with E-state index >= 15 is 0 Å². The fourth-order valence-corrected chi connectivity index (χ4v) is 2.21. The fourth-order valence-electron chi connectivity index (χ4n) is 2.21. The van der Waals surface area contributed by atoms with Crippen molar-refractivity contribution in [2.24, 2.45) is 10.2 Å². The highest BCUT2D eigenvalue weighted by molar-refractivity contribution is 5.84. The third kappa shape index (κ3) is 5.82. The molecule has 6 nitrogen and oxygen atoms in total. The molecule has 0 heterocycles. The lowest BCUT2D eigenvalue weighted by Gasteiger charge is -2.09. The first-order valence-corrected chi connectivity index (χ1v) is 8.26. The minimum absolute atomic E-state index is 0.171. The van der Waals surface area contributed by atoms with Crippen LogP contribution in [-0.2, 0) is 0 Å². The Morgan fingerprint density at radius 2 is 1.18 bits per heavy atom. The molecule has 0 radical (unpaired) electrons. The van der Waals surface area contributed by atoms with Gasteiger partial charge in [0.2, 0.25) is 0 Å². The first-order valence-electron chi connectivity index (χ1n) is 8.26. The molecule has 0 saturated carbocycles. The van der Waals surface area contributed by atoms with Crippen LogP contribution in [-0.4, -0.2) is 39.9 Å². The molecule has 0 aliphatic carbocycles. The molecule has 0 amide bonds. The van der Waals surface area contributed by atoms with Crippen LogP contribution in [0.25, 0.3) is 0 Å². The zero-order chi connectivity index (χ0) is 20.2. The van der Waals surface area contributed by atoms with E-state index < -0.39 is 0 Å². The predicted molar refractivity (Wildman–Crippen MR) is 110 cm³/mol. The van der Waals surface area contributed by atoms with Crippen molar-refractivity contribution in [1.29, 1.82) is 0 Å². The molecule has 0 fully saturated rings. The van der Waals surface area contributed by atoms with Gasteiger partial charge < -0.3 is 18.9 Å². The standard InChI is InChI=1S/C22H20N2O4/c1-5-11-27-19-9-7-17(13-21(19)25-3)15-23-24-16-18-8-10-20(28-12-6-2)22(14-18)26-4/h1-2,7-10,13-16H,11-12H2,3-4H3/b23-15+,24-16+. The third-order valence-electron chi connectivity index (χ3n) is 3.48. The summed E-state index contributed by atoms with van der Waals surface area (Å²) < 4.78 is 21.4. The molecule has 0 unspecified atom stereocenters. The second kappa shape index (κ2) is 10.9. The number of hydrogen-bond acceptors (Lipinski definition) is 6. The van der Waals surface area contributed by atoms with Crippen LogP contribution in [0.1, 0.15) is 11.1 Å². The average Bonchev–Trinajstić information content (AvgIpc) is 2.74. The van der Waals surface area contributed by atoms with Gasteiger partial charge in [0, 0.05) is 0 Å². The molecule has 6 heteroatoms. The molecule has 0 aliphatic heterocycles. The summed E-state index contributed by atoms with van der Waals surface area (Å²) in [4.78, 5) is 0. The topological polar surface area (TPSA) is 61.6 Å². The van der Waals surface area contributed by atoms with Gasteiger partial charge in [-0.3, -0.25) is 0 Å². The minimum atomic E-state index is 0.171. The molecule has 0 spiro atoms. The Hall–Kier alpha value is -3.90. The molecule has 0 bridgehead atoms. The molecule has 0 atom stereocenters. The molecular formula is C22H20N2O4. The quantitative estimate of drug-likeness (QED) is 0.383. The lowest BCUT2D eigenvalue weighted by Crippen LogP contribution is -1.97. The first kappa shape index (κ1) is 20.4. The van der Waals surface area contributed by atoms with Gasteiger partial charge in [0.05, 0.1) is 26.6 Å². The SMILES string of the molecule is C#CCOc1ccc(/C=N/N=C/c2ccc(OCC#C)c(OC)c2)cc1OC. The maximum atomic E-state index is 5.40. The van der Waals surface area contributed by atoms with E-state index in [1.807, 2.05) is 12.1 Å². The van der Waals surface area contributed by atoms with Crippen molar-refractivity contribution in [2.45, 2.75) is 0 Å². The van der Waals surface area contributed by atoms with Gasteiger partial charge in [-0.05, 0) is 47.5 Å². The van der Waals surface area contributed by atoms with Crippen LogP contribution < -0.4 is 18.9 Å². The Morgan fingerprint density at radius 1 is 0.750 bits per heavy atom. The normalized spacial score (nSPS) is 10.4. The van der Waals surface area contributed by atoms with Gasteiger partial charge in [0.25, 0.3) is 0 Å². The monoisotopic (exact) mass is 376 g/mol. The molecule has 0 aliphatic rings. The Balaban J connectivity index is 2.07. The maximum absolute atomic E-state index is 5.40. The summed E-state index contributed by atoms with van der Waals surface area (Å²) >= 11 is 0. The lowest BCUT2D eigenvalue weighted by molar-refractivity contribution is 0.331. The lowest BCUT2D eigenvalue weighted by atomic mass is 10.2. The van der Waals surface area contributed by atoms with Crippen LogP contribution in [0.15, 0.2) is 46.6 Å². The van der Waals surface area contributed by atoms with Gasteiger partial charge in [-0.2, -0.15) is 10.2 Å². The summed E-state index contributed by atoms with van der Waals surface area (Å²) in [6.07, 6.45) is 13.6. The molecule has 0 saturated heterocycles. The number of rotatable bonds is 9. The highest BCUT2D eigenvalue weighted by Crippen LogP contribution is 2.28. The van der Waals surface area contributed by atoms with Gasteiger partial charge in [0.1, 0.15) is 13.2 Å². The Morgan fingerprint density at radius 3 is 1.54 bits per heavy atom. The molecule has 2 aromatic carbocycles. The van der Waals surface area contributed by atoms with Crippen LogP contribution in [0.4, 0.5) is 0 Å². The molecule has 2 aromatic rings. The van der Waals surface area contributed by atoms with Crippen molar-refractivity contribution in [2.75, 3.05) is 27.4 Å². The molecule has 28 heavy (non-hydrogen) atoms. The van der Waals surface area contributed by atoms with Crippen molar-refractivity contribution in [3.05, 3.63) is 47.5 Å². The Kier molecular flexibility index (Phi) is 7.98. The maximum Gasteiger partial charge on any atom is 0.162 e. The van der Waals surface area contributed by atoms with E-state index in [0.29, 0.717) is 23.0 Å². The highest BCUT2D eigenvalue weighted by Gasteiger charge is 2.05. The van der Waals surface area contributed by atoms with Crippen LogP contribution in [0.3, 0.4) is 0 Å². The summed E-state index contributed by atoms with van der Waals surface area (Å²) in [7, 11) is 3.11. The molecule has 0 N–H and O–H groups in total. The molecule has 0 aromatic heterocycles. The predicted octanol–water partition coefficient (Wildman–Crippen LogP) is 3.18. The van der Waals surface area contributed by atoms with Crippen LogP contribution in [0.5, 0.6) is 23.0 Å². The number of terminal acetylenes is 2. The van der Waals surface area contributed by atoms with Crippen molar-refractivity contribution >= 4 is 12.4 Å². The number of benzene rings is 2. The van der Waals surface area contributed by atoms with Gasteiger partial charge in [-0.15, -0.1) is 12.8 Å². The fraction of sp³-hybridized carbons (Fsp3) is 0.182. The minimum Gasteiger partial charge on any atom is -0.493 e. The number of ether oxygens (including phenoxy) is 4. The third-order valence-corrected chi connectivity index (χ3v) is 3.48. The summed E-state index contributed by atoms with van der Waals surface area (Å²) in [5, 5.41) is 8.10. The summed E-state index contributed by atoms with van der Waals surface area (Å²) in [5.41, 5.74) is 1.61. The van der Waals surface area contributed by atoms with E-state index in [1.165, 1.54) is 0 Å². The average molecular weight is 376 g/mol. The van der Waals surface area contributed by atoms with Gasteiger partial charge in [0.15, 0.2) is 23.0 Å². The highest BCUT2D eigenvalue weighted by atomic mass is 16.5.